The summed E-state index contributed by atoms with van der Waals surface area (Å²) >= 11 is 1.69. The Morgan fingerprint density at radius 2 is 1.94 bits per heavy atom. The number of fused-ring (bicyclic) bond motifs is 1. The molecule has 0 spiro atoms. The highest BCUT2D eigenvalue weighted by molar-refractivity contribution is 7.19. The molecule has 0 unspecified atom stereocenters. The minimum Gasteiger partial charge on any atom is -0.391 e. The first kappa shape index (κ1) is 12.6. The summed E-state index contributed by atoms with van der Waals surface area (Å²) in [6.45, 7) is 7.70. The summed E-state index contributed by atoms with van der Waals surface area (Å²) in [4.78, 5) is 3.45. The highest BCUT2D eigenvalue weighted by Crippen LogP contribution is 2.27. The van der Waals surface area contributed by atoms with Crippen molar-refractivity contribution in [2.24, 2.45) is 0 Å². The van der Waals surface area contributed by atoms with Gasteiger partial charge >= 0.3 is 0 Å². The molecule has 1 aromatic heterocycles. The van der Waals surface area contributed by atoms with Gasteiger partial charge in [0.05, 0.1) is 6.61 Å². The molecule has 0 saturated carbocycles. The molecule has 1 aromatic carbocycles. The first-order valence-corrected chi connectivity index (χ1v) is 6.93. The molecule has 17 heavy (non-hydrogen) atoms. The monoisotopic (exact) mass is 249 g/mol. The molecular weight excluding hydrogens is 230 g/mol. The van der Waals surface area contributed by atoms with Gasteiger partial charge in [0.25, 0.3) is 0 Å². The molecule has 0 fully saturated rings. The van der Waals surface area contributed by atoms with E-state index in [2.05, 4.69) is 43.0 Å². The third kappa shape index (κ3) is 2.86. The molecule has 0 aliphatic heterocycles. The molecule has 0 amide bonds. The van der Waals surface area contributed by atoms with Crippen molar-refractivity contribution in [3.63, 3.8) is 0 Å². The minimum absolute atomic E-state index is 0.144. The van der Waals surface area contributed by atoms with Crippen molar-refractivity contribution in [2.75, 3.05) is 13.1 Å². The van der Waals surface area contributed by atoms with Crippen LogP contribution in [0.3, 0.4) is 0 Å². The number of aliphatic hydroxyl groups is 1. The lowest BCUT2D eigenvalue weighted by molar-refractivity contribution is 0.285. The van der Waals surface area contributed by atoms with Crippen LogP contribution in [0, 0.1) is 0 Å². The van der Waals surface area contributed by atoms with E-state index < -0.39 is 0 Å². The lowest BCUT2D eigenvalue weighted by Crippen LogP contribution is -2.21. The third-order valence-corrected chi connectivity index (χ3v) is 4.17. The number of nitrogens with zero attached hydrogens (tertiary/aromatic N) is 1. The number of hydrogen-bond acceptors (Lipinski definition) is 3. The molecular formula is C14H19NOS. The molecule has 2 rings (SSSR count). The summed E-state index contributed by atoms with van der Waals surface area (Å²) in [7, 11) is 0. The molecule has 1 heterocycles. The van der Waals surface area contributed by atoms with E-state index in [9.17, 15) is 0 Å². The first-order valence-electron chi connectivity index (χ1n) is 6.11. The van der Waals surface area contributed by atoms with E-state index in [-0.39, 0.29) is 6.61 Å². The fourth-order valence-corrected chi connectivity index (χ4v) is 3.00. The molecule has 0 saturated heterocycles. The van der Waals surface area contributed by atoms with Crippen LogP contribution < -0.4 is 0 Å². The molecule has 1 N–H and O–H groups in total. The lowest BCUT2D eigenvalue weighted by atomic mass is 10.1. The van der Waals surface area contributed by atoms with Crippen LogP contribution in [0.15, 0.2) is 24.3 Å². The molecule has 0 bridgehead atoms. The van der Waals surface area contributed by atoms with E-state index in [0.717, 1.165) is 24.5 Å². The third-order valence-electron chi connectivity index (χ3n) is 3.09. The van der Waals surface area contributed by atoms with Crippen molar-refractivity contribution in [1.82, 2.24) is 4.90 Å². The summed E-state index contributed by atoms with van der Waals surface area (Å²) in [5, 5.41) is 10.4. The Morgan fingerprint density at radius 3 is 2.59 bits per heavy atom. The van der Waals surface area contributed by atoms with Crippen molar-refractivity contribution in [3.8, 4) is 0 Å². The number of aliphatic hydroxyl groups excluding tert-OH is 1. The second-order valence-electron chi connectivity index (χ2n) is 4.20. The van der Waals surface area contributed by atoms with E-state index in [4.69, 9.17) is 5.11 Å². The molecule has 92 valence electrons. The first-order chi connectivity index (χ1) is 8.26. The number of rotatable bonds is 5. The van der Waals surface area contributed by atoms with Gasteiger partial charge in [0.2, 0.25) is 0 Å². The quantitative estimate of drug-likeness (QED) is 0.879. The van der Waals surface area contributed by atoms with Gasteiger partial charge in [-0.2, -0.15) is 0 Å². The van der Waals surface area contributed by atoms with Crippen molar-refractivity contribution in [2.45, 2.75) is 27.0 Å². The second kappa shape index (κ2) is 5.63. The van der Waals surface area contributed by atoms with Gasteiger partial charge in [0.15, 0.2) is 0 Å². The molecule has 0 aliphatic rings. The van der Waals surface area contributed by atoms with Crippen LogP contribution in [-0.2, 0) is 13.2 Å². The van der Waals surface area contributed by atoms with Gasteiger partial charge in [-0.25, -0.2) is 0 Å². The Hall–Kier alpha value is -0.900. The van der Waals surface area contributed by atoms with Crippen molar-refractivity contribution < 1.29 is 5.11 Å². The summed E-state index contributed by atoms with van der Waals surface area (Å²) < 4.78 is 1.28. The summed E-state index contributed by atoms with van der Waals surface area (Å²) in [6, 6.07) is 8.66. The maximum absolute atomic E-state index is 9.13. The van der Waals surface area contributed by atoms with E-state index in [1.54, 1.807) is 11.3 Å². The second-order valence-corrected chi connectivity index (χ2v) is 5.37. The Bertz CT molecular complexity index is 488. The maximum atomic E-state index is 9.13. The fourth-order valence-electron chi connectivity index (χ4n) is 2.01. The summed E-state index contributed by atoms with van der Waals surface area (Å²) in [5.41, 5.74) is 1.35. The van der Waals surface area contributed by atoms with Crippen LogP contribution in [-0.4, -0.2) is 23.1 Å². The fraction of sp³-hybridized carbons (Fsp3) is 0.429. The van der Waals surface area contributed by atoms with Crippen molar-refractivity contribution in [3.05, 3.63) is 34.7 Å². The van der Waals surface area contributed by atoms with Gasteiger partial charge in [-0.05, 0) is 36.2 Å². The van der Waals surface area contributed by atoms with Crippen LogP contribution in [0.25, 0.3) is 10.1 Å². The summed E-state index contributed by atoms with van der Waals surface area (Å²) in [6.07, 6.45) is 0. The van der Waals surface area contributed by atoms with E-state index in [1.165, 1.54) is 15.6 Å². The Kier molecular flexibility index (Phi) is 4.15. The van der Waals surface area contributed by atoms with Crippen LogP contribution in [0.2, 0.25) is 0 Å². The zero-order valence-corrected chi connectivity index (χ0v) is 11.3. The highest BCUT2D eigenvalue weighted by Gasteiger charge is 2.04. The molecule has 0 radical (unpaired) electrons. The van der Waals surface area contributed by atoms with Crippen molar-refractivity contribution >= 4 is 21.4 Å². The molecule has 0 aliphatic carbocycles. The largest absolute Gasteiger partial charge is 0.391 e. The molecule has 0 atom stereocenters. The lowest BCUT2D eigenvalue weighted by Gasteiger charge is -2.17. The SMILES string of the molecule is CCN(CC)Cc1ccc2cc(CO)sc2c1. The Labute approximate surface area is 106 Å². The smallest absolute Gasteiger partial charge is 0.0774 e. The molecule has 2 nitrogen and oxygen atoms in total. The average Bonchev–Trinajstić information content (AvgIpc) is 2.78. The number of thiophene rings is 1. The van der Waals surface area contributed by atoms with Gasteiger partial charge in [0, 0.05) is 16.1 Å². The van der Waals surface area contributed by atoms with Crippen LogP contribution in [0.1, 0.15) is 24.3 Å². The van der Waals surface area contributed by atoms with Crippen LogP contribution >= 0.6 is 11.3 Å². The van der Waals surface area contributed by atoms with Crippen molar-refractivity contribution in [1.29, 1.82) is 0 Å². The topological polar surface area (TPSA) is 23.5 Å². The number of benzene rings is 1. The van der Waals surface area contributed by atoms with Crippen LogP contribution in [0.4, 0.5) is 0 Å². The van der Waals surface area contributed by atoms with Gasteiger partial charge in [-0.1, -0.05) is 26.0 Å². The molecule has 2 aromatic rings. The standard InChI is InChI=1S/C14H19NOS/c1-3-15(4-2)9-11-5-6-12-8-13(10-16)17-14(12)7-11/h5-8,16H,3-4,9-10H2,1-2H3. The van der Waals surface area contributed by atoms with Gasteiger partial charge in [-0.3, -0.25) is 4.90 Å². The molecule has 3 heteroatoms. The van der Waals surface area contributed by atoms with E-state index in [1.807, 2.05) is 0 Å². The minimum atomic E-state index is 0.144. The van der Waals surface area contributed by atoms with Crippen LogP contribution in [0.5, 0.6) is 0 Å². The normalized spacial score (nSPS) is 11.5. The Balaban J connectivity index is 2.24. The zero-order valence-electron chi connectivity index (χ0n) is 10.4. The number of hydrogen-bond donors (Lipinski definition) is 1. The average molecular weight is 249 g/mol. The van der Waals surface area contributed by atoms with E-state index in [0.29, 0.717) is 0 Å². The Morgan fingerprint density at radius 1 is 1.18 bits per heavy atom. The highest BCUT2D eigenvalue weighted by atomic mass is 32.1. The van der Waals surface area contributed by atoms with Gasteiger partial charge in [-0.15, -0.1) is 11.3 Å². The van der Waals surface area contributed by atoms with Gasteiger partial charge < -0.3 is 5.11 Å². The van der Waals surface area contributed by atoms with Gasteiger partial charge in [0.1, 0.15) is 0 Å². The maximum Gasteiger partial charge on any atom is 0.0774 e. The zero-order chi connectivity index (χ0) is 12.3. The predicted octanol–water partition coefficient (Wildman–Crippen LogP) is 3.24. The van der Waals surface area contributed by atoms with E-state index >= 15 is 0 Å². The predicted molar refractivity (Wildman–Crippen MR) is 74.4 cm³/mol. The summed E-state index contributed by atoms with van der Waals surface area (Å²) in [5.74, 6) is 0.